The van der Waals surface area contributed by atoms with E-state index in [-0.39, 0.29) is 5.56 Å². The molecule has 54 valence electrons. The van der Waals surface area contributed by atoms with E-state index in [9.17, 15) is 4.79 Å². The van der Waals surface area contributed by atoms with Gasteiger partial charge in [-0.2, -0.15) is 5.26 Å². The summed E-state index contributed by atoms with van der Waals surface area (Å²) < 4.78 is 0. The molecule has 0 aromatic carbocycles. The highest BCUT2D eigenvalue weighted by Crippen LogP contribution is 1.99. The maximum atomic E-state index is 10.5. The van der Waals surface area contributed by atoms with E-state index in [0.29, 0.717) is 5.56 Å². The van der Waals surface area contributed by atoms with Gasteiger partial charge < -0.3 is 5.73 Å². The maximum Gasteiger partial charge on any atom is 0.250 e. The van der Waals surface area contributed by atoms with E-state index < -0.39 is 5.91 Å². The molecule has 1 aromatic rings. The zero-order valence-electron chi connectivity index (χ0n) is 5.61. The van der Waals surface area contributed by atoms with E-state index in [1.54, 1.807) is 0 Å². The van der Waals surface area contributed by atoms with Gasteiger partial charge in [-0.25, -0.2) is 0 Å². The highest BCUT2D eigenvalue weighted by molar-refractivity contribution is 5.92. The zero-order chi connectivity index (χ0) is 8.27. The summed E-state index contributed by atoms with van der Waals surface area (Å²) in [6.45, 7) is 0. The number of aromatic nitrogens is 1. The molecule has 1 aromatic heterocycles. The second kappa shape index (κ2) is 2.80. The summed E-state index contributed by atoms with van der Waals surface area (Å²) in [4.78, 5) is 14.2. The standard InChI is InChI=1S/C7H5N3O/c8-2-5-1-6(7(9)11)4-10-3-5/h1,3-4H,(H2,9,11). The van der Waals surface area contributed by atoms with Crippen LogP contribution in [0, 0.1) is 11.3 Å². The van der Waals surface area contributed by atoms with Crippen LogP contribution in [-0.4, -0.2) is 10.9 Å². The van der Waals surface area contributed by atoms with Crippen molar-refractivity contribution in [3.8, 4) is 6.07 Å². The molecular weight excluding hydrogens is 142 g/mol. The fraction of sp³-hybridized carbons (Fsp3) is 0. The number of primary amides is 1. The van der Waals surface area contributed by atoms with E-state index >= 15 is 0 Å². The first kappa shape index (κ1) is 7.22. The Balaban J connectivity index is 3.13. The molecule has 4 nitrogen and oxygen atoms in total. The van der Waals surface area contributed by atoms with Gasteiger partial charge in [-0.15, -0.1) is 0 Å². The quantitative estimate of drug-likeness (QED) is 0.609. The van der Waals surface area contributed by atoms with Gasteiger partial charge in [0.25, 0.3) is 0 Å². The minimum absolute atomic E-state index is 0.254. The number of amides is 1. The van der Waals surface area contributed by atoms with Crippen molar-refractivity contribution in [2.24, 2.45) is 5.73 Å². The normalized spacial score (nSPS) is 8.64. The fourth-order valence-electron chi connectivity index (χ4n) is 0.636. The summed E-state index contributed by atoms with van der Waals surface area (Å²) in [5, 5.41) is 8.40. The Hall–Kier alpha value is -1.89. The van der Waals surface area contributed by atoms with Gasteiger partial charge in [-0.05, 0) is 6.07 Å². The molecule has 0 spiro atoms. The van der Waals surface area contributed by atoms with Crippen LogP contribution in [0.25, 0.3) is 0 Å². The lowest BCUT2D eigenvalue weighted by Gasteiger charge is -1.92. The number of hydrogen-bond donors (Lipinski definition) is 1. The number of carbonyl (C=O) groups excluding carboxylic acids is 1. The summed E-state index contributed by atoms with van der Waals surface area (Å²) in [6, 6.07) is 3.25. The summed E-state index contributed by atoms with van der Waals surface area (Å²) in [6.07, 6.45) is 2.69. The molecule has 2 N–H and O–H groups in total. The molecule has 0 atom stereocenters. The maximum absolute atomic E-state index is 10.5. The Labute approximate surface area is 63.3 Å². The van der Waals surface area contributed by atoms with Crippen LogP contribution in [0.5, 0.6) is 0 Å². The van der Waals surface area contributed by atoms with Crippen molar-refractivity contribution in [1.82, 2.24) is 4.98 Å². The summed E-state index contributed by atoms with van der Waals surface area (Å²) in [7, 11) is 0. The summed E-state index contributed by atoms with van der Waals surface area (Å²) >= 11 is 0. The van der Waals surface area contributed by atoms with E-state index in [1.165, 1.54) is 18.5 Å². The molecule has 0 aliphatic rings. The van der Waals surface area contributed by atoms with Gasteiger partial charge in [0.15, 0.2) is 0 Å². The van der Waals surface area contributed by atoms with Crippen molar-refractivity contribution >= 4 is 5.91 Å². The van der Waals surface area contributed by atoms with Gasteiger partial charge in [0.05, 0.1) is 11.1 Å². The molecule has 0 saturated carbocycles. The molecule has 0 unspecified atom stereocenters. The van der Waals surface area contributed by atoms with Crippen LogP contribution < -0.4 is 5.73 Å². The first-order valence-corrected chi connectivity index (χ1v) is 2.89. The molecule has 0 fully saturated rings. The predicted molar refractivity (Wildman–Crippen MR) is 37.5 cm³/mol. The van der Waals surface area contributed by atoms with E-state index in [2.05, 4.69) is 4.98 Å². The van der Waals surface area contributed by atoms with Crippen molar-refractivity contribution in [3.05, 3.63) is 29.6 Å². The van der Waals surface area contributed by atoms with Crippen molar-refractivity contribution in [2.75, 3.05) is 0 Å². The third-order valence-corrected chi connectivity index (χ3v) is 1.15. The molecule has 0 aliphatic heterocycles. The third kappa shape index (κ3) is 1.52. The molecule has 0 radical (unpaired) electrons. The lowest BCUT2D eigenvalue weighted by atomic mass is 10.2. The Morgan fingerprint density at radius 1 is 1.64 bits per heavy atom. The topological polar surface area (TPSA) is 79.8 Å². The summed E-state index contributed by atoms with van der Waals surface area (Å²) in [5.41, 5.74) is 5.54. The number of rotatable bonds is 1. The first-order chi connectivity index (χ1) is 5.24. The van der Waals surface area contributed by atoms with E-state index in [0.717, 1.165) is 0 Å². The molecule has 0 saturated heterocycles. The molecule has 0 bridgehead atoms. The van der Waals surface area contributed by atoms with Gasteiger partial charge in [-0.3, -0.25) is 9.78 Å². The number of nitrogens with two attached hydrogens (primary N) is 1. The van der Waals surface area contributed by atoms with Crippen molar-refractivity contribution in [1.29, 1.82) is 5.26 Å². The Morgan fingerprint density at radius 3 is 2.91 bits per heavy atom. The largest absolute Gasteiger partial charge is 0.366 e. The molecule has 1 rings (SSSR count). The second-order valence-corrected chi connectivity index (χ2v) is 1.94. The van der Waals surface area contributed by atoms with Crippen LogP contribution in [0.1, 0.15) is 15.9 Å². The van der Waals surface area contributed by atoms with Crippen LogP contribution in [0.2, 0.25) is 0 Å². The van der Waals surface area contributed by atoms with E-state index in [4.69, 9.17) is 11.0 Å². The predicted octanol–water partition coefficient (Wildman–Crippen LogP) is 0.0522. The third-order valence-electron chi connectivity index (χ3n) is 1.15. The fourth-order valence-corrected chi connectivity index (χ4v) is 0.636. The highest BCUT2D eigenvalue weighted by Gasteiger charge is 2.00. The molecule has 1 amide bonds. The lowest BCUT2D eigenvalue weighted by Crippen LogP contribution is -2.11. The van der Waals surface area contributed by atoms with Crippen LogP contribution in [0.4, 0.5) is 0 Å². The van der Waals surface area contributed by atoms with Gasteiger partial charge in [-0.1, -0.05) is 0 Å². The number of pyridine rings is 1. The smallest absolute Gasteiger partial charge is 0.250 e. The first-order valence-electron chi connectivity index (χ1n) is 2.89. The second-order valence-electron chi connectivity index (χ2n) is 1.94. The number of hydrogen-bond acceptors (Lipinski definition) is 3. The van der Waals surface area contributed by atoms with Gasteiger partial charge >= 0.3 is 0 Å². The number of nitrogens with zero attached hydrogens (tertiary/aromatic N) is 2. The van der Waals surface area contributed by atoms with Crippen molar-refractivity contribution in [2.45, 2.75) is 0 Å². The van der Waals surface area contributed by atoms with Gasteiger partial charge in [0.2, 0.25) is 5.91 Å². The minimum atomic E-state index is -0.574. The number of nitriles is 1. The summed E-state index contributed by atoms with van der Waals surface area (Å²) in [5.74, 6) is -0.574. The van der Waals surface area contributed by atoms with Crippen molar-refractivity contribution in [3.63, 3.8) is 0 Å². The van der Waals surface area contributed by atoms with Gasteiger partial charge in [0.1, 0.15) is 6.07 Å². The Bertz CT molecular complexity index is 327. The van der Waals surface area contributed by atoms with Gasteiger partial charge in [0, 0.05) is 12.4 Å². The van der Waals surface area contributed by atoms with E-state index in [1.807, 2.05) is 6.07 Å². The minimum Gasteiger partial charge on any atom is -0.366 e. The monoisotopic (exact) mass is 147 g/mol. The average molecular weight is 147 g/mol. The highest BCUT2D eigenvalue weighted by atomic mass is 16.1. The van der Waals surface area contributed by atoms with Crippen LogP contribution >= 0.6 is 0 Å². The molecule has 0 aliphatic carbocycles. The lowest BCUT2D eigenvalue weighted by molar-refractivity contribution is 0.1000. The zero-order valence-corrected chi connectivity index (χ0v) is 5.61. The Morgan fingerprint density at radius 2 is 2.36 bits per heavy atom. The molecule has 1 heterocycles. The molecule has 11 heavy (non-hydrogen) atoms. The Kier molecular flexibility index (Phi) is 1.83. The number of carbonyl (C=O) groups is 1. The van der Waals surface area contributed by atoms with Crippen LogP contribution in [-0.2, 0) is 0 Å². The van der Waals surface area contributed by atoms with Crippen LogP contribution in [0.15, 0.2) is 18.5 Å². The van der Waals surface area contributed by atoms with Crippen molar-refractivity contribution < 1.29 is 4.79 Å². The molecular formula is C7H5N3O. The molecule has 4 heteroatoms. The SMILES string of the molecule is N#Cc1cncc(C(N)=O)c1. The van der Waals surface area contributed by atoms with Crippen LogP contribution in [0.3, 0.4) is 0 Å². The average Bonchev–Trinajstić information content (AvgIpc) is 2.05.